The van der Waals surface area contributed by atoms with Crippen molar-refractivity contribution in [2.75, 3.05) is 19.8 Å². The molecule has 0 aliphatic carbocycles. The molecule has 0 bridgehead atoms. The lowest BCUT2D eigenvalue weighted by molar-refractivity contribution is 0.0946. The fourth-order valence-electron chi connectivity index (χ4n) is 2.86. The molecule has 30 heavy (non-hydrogen) atoms. The molecule has 154 valence electrons. The van der Waals surface area contributed by atoms with E-state index in [4.69, 9.17) is 9.47 Å². The van der Waals surface area contributed by atoms with Crippen LogP contribution in [0.2, 0.25) is 0 Å². The number of carbonyl (C=O) groups is 1. The molecule has 0 fully saturated rings. The summed E-state index contributed by atoms with van der Waals surface area (Å²) in [5, 5.41) is 17.7. The maximum absolute atomic E-state index is 12.2. The highest BCUT2D eigenvalue weighted by molar-refractivity contribution is 7.09. The first-order valence-electron chi connectivity index (χ1n) is 9.60. The maximum atomic E-state index is 12.2. The Bertz CT molecular complexity index is 1110. The van der Waals surface area contributed by atoms with E-state index in [0.29, 0.717) is 43.3 Å². The molecule has 4 rings (SSSR count). The van der Waals surface area contributed by atoms with E-state index in [0.717, 1.165) is 11.6 Å². The Hall–Kier alpha value is -3.46. The molecule has 3 heterocycles. The van der Waals surface area contributed by atoms with E-state index < -0.39 is 0 Å². The molecule has 0 spiro atoms. The molecule has 1 aromatic carbocycles. The van der Waals surface area contributed by atoms with Gasteiger partial charge < -0.3 is 14.8 Å². The average Bonchev–Trinajstić information content (AvgIpc) is 3.42. The van der Waals surface area contributed by atoms with Gasteiger partial charge in [-0.15, -0.1) is 26.6 Å². The van der Waals surface area contributed by atoms with Gasteiger partial charge in [-0.2, -0.15) is 4.52 Å². The molecule has 0 saturated heterocycles. The van der Waals surface area contributed by atoms with Gasteiger partial charge in [0.2, 0.25) is 5.88 Å². The lowest BCUT2D eigenvalue weighted by Crippen LogP contribution is -2.28. The first kappa shape index (κ1) is 19.8. The van der Waals surface area contributed by atoms with Crippen molar-refractivity contribution in [2.45, 2.75) is 13.3 Å². The largest absolute Gasteiger partial charge is 0.494 e. The third kappa shape index (κ3) is 4.74. The van der Waals surface area contributed by atoms with Crippen molar-refractivity contribution in [3.63, 3.8) is 0 Å². The summed E-state index contributed by atoms with van der Waals surface area (Å²) in [5.74, 6) is 1.78. The first-order valence-corrected chi connectivity index (χ1v) is 10.5. The number of hydrogen-bond donors (Lipinski definition) is 1. The van der Waals surface area contributed by atoms with Gasteiger partial charge in [0.25, 0.3) is 5.91 Å². The molecule has 0 atom stereocenters. The smallest absolute Gasteiger partial charge is 0.251 e. The molecule has 0 saturated carbocycles. The molecular formula is C21H21N5O3S. The van der Waals surface area contributed by atoms with Gasteiger partial charge in [-0.05, 0) is 48.7 Å². The quantitative estimate of drug-likeness (QED) is 0.416. The Balaban J connectivity index is 1.30. The van der Waals surface area contributed by atoms with E-state index in [1.54, 1.807) is 46.2 Å². The molecule has 0 radical (unpaired) electrons. The molecule has 9 heteroatoms. The molecule has 0 unspecified atom stereocenters. The lowest BCUT2D eigenvalue weighted by atomic mass is 10.2. The SMILES string of the molecule is CCOc1ccc(C(=O)NCCOc2ccc3nnc(Cc4cccs4)n3n2)cc1. The lowest BCUT2D eigenvalue weighted by Gasteiger charge is -2.08. The zero-order valence-electron chi connectivity index (χ0n) is 16.4. The van der Waals surface area contributed by atoms with Crippen LogP contribution in [-0.2, 0) is 6.42 Å². The number of fused-ring (bicyclic) bond motifs is 1. The van der Waals surface area contributed by atoms with E-state index in [-0.39, 0.29) is 5.91 Å². The van der Waals surface area contributed by atoms with E-state index >= 15 is 0 Å². The van der Waals surface area contributed by atoms with Gasteiger partial charge in [-0.25, -0.2) is 0 Å². The minimum Gasteiger partial charge on any atom is -0.494 e. The minimum absolute atomic E-state index is 0.165. The fraction of sp³-hybridized carbons (Fsp3) is 0.238. The third-order valence-corrected chi connectivity index (χ3v) is 5.16. The van der Waals surface area contributed by atoms with E-state index in [2.05, 4.69) is 26.7 Å². The van der Waals surface area contributed by atoms with Crippen molar-refractivity contribution in [2.24, 2.45) is 0 Å². The Labute approximate surface area is 177 Å². The standard InChI is InChI=1S/C21H21N5O3S/c1-2-28-16-7-5-15(6-8-16)21(27)22-11-12-29-20-10-9-18-23-24-19(26(18)25-20)14-17-4-3-13-30-17/h3-10,13H,2,11-12,14H2,1H3,(H,22,27). The van der Waals surface area contributed by atoms with Crippen LogP contribution in [0.5, 0.6) is 11.6 Å². The molecule has 0 aliphatic rings. The van der Waals surface area contributed by atoms with Crippen molar-refractivity contribution in [3.05, 3.63) is 70.2 Å². The Morgan fingerprint density at radius 3 is 2.73 bits per heavy atom. The molecule has 1 amide bonds. The normalized spacial score (nSPS) is 10.8. The Morgan fingerprint density at radius 2 is 1.97 bits per heavy atom. The molecular weight excluding hydrogens is 402 g/mol. The number of carbonyl (C=O) groups excluding carboxylic acids is 1. The molecule has 1 N–H and O–H groups in total. The highest BCUT2D eigenvalue weighted by atomic mass is 32.1. The summed E-state index contributed by atoms with van der Waals surface area (Å²) >= 11 is 1.67. The fourth-order valence-corrected chi connectivity index (χ4v) is 3.57. The number of nitrogens with zero attached hydrogens (tertiary/aromatic N) is 4. The Kier molecular flexibility index (Phi) is 6.19. The summed E-state index contributed by atoms with van der Waals surface area (Å²) in [6.07, 6.45) is 0.660. The van der Waals surface area contributed by atoms with Crippen molar-refractivity contribution in [1.82, 2.24) is 25.1 Å². The predicted octanol–water partition coefficient (Wildman–Crippen LogP) is 2.98. The first-order chi connectivity index (χ1) is 14.7. The molecule has 4 aromatic rings. The zero-order chi connectivity index (χ0) is 20.8. The second-order valence-electron chi connectivity index (χ2n) is 6.38. The van der Waals surface area contributed by atoms with Crippen LogP contribution >= 0.6 is 11.3 Å². The summed E-state index contributed by atoms with van der Waals surface area (Å²) in [5.41, 5.74) is 1.23. The van der Waals surface area contributed by atoms with Gasteiger partial charge in [0.15, 0.2) is 11.5 Å². The van der Waals surface area contributed by atoms with Crippen LogP contribution in [0.25, 0.3) is 5.65 Å². The van der Waals surface area contributed by atoms with Crippen LogP contribution in [0.1, 0.15) is 28.0 Å². The van der Waals surface area contributed by atoms with E-state index in [1.165, 1.54) is 4.88 Å². The molecule has 8 nitrogen and oxygen atoms in total. The number of benzene rings is 1. The van der Waals surface area contributed by atoms with Crippen LogP contribution in [0.4, 0.5) is 0 Å². The number of nitrogens with one attached hydrogen (secondary N) is 1. The van der Waals surface area contributed by atoms with Crippen molar-refractivity contribution < 1.29 is 14.3 Å². The number of ether oxygens (including phenoxy) is 2. The summed E-state index contributed by atoms with van der Waals surface area (Å²) in [7, 11) is 0. The zero-order valence-corrected chi connectivity index (χ0v) is 17.3. The van der Waals surface area contributed by atoms with Gasteiger partial charge >= 0.3 is 0 Å². The topological polar surface area (TPSA) is 90.6 Å². The highest BCUT2D eigenvalue weighted by Gasteiger charge is 2.10. The van der Waals surface area contributed by atoms with E-state index in [1.807, 2.05) is 24.4 Å². The van der Waals surface area contributed by atoms with Gasteiger partial charge in [0.1, 0.15) is 12.4 Å². The number of hydrogen-bond acceptors (Lipinski definition) is 7. The average molecular weight is 423 g/mol. The summed E-state index contributed by atoms with van der Waals surface area (Å²) in [6, 6.07) is 14.6. The maximum Gasteiger partial charge on any atom is 0.251 e. The van der Waals surface area contributed by atoms with Crippen LogP contribution < -0.4 is 14.8 Å². The van der Waals surface area contributed by atoms with Crippen molar-refractivity contribution in [3.8, 4) is 11.6 Å². The summed E-state index contributed by atoms with van der Waals surface area (Å²) in [4.78, 5) is 13.4. The molecule has 3 aromatic heterocycles. The van der Waals surface area contributed by atoms with Gasteiger partial charge in [0, 0.05) is 22.9 Å². The minimum atomic E-state index is -0.165. The predicted molar refractivity (Wildman–Crippen MR) is 113 cm³/mol. The van der Waals surface area contributed by atoms with Crippen LogP contribution in [0.15, 0.2) is 53.9 Å². The molecule has 0 aliphatic heterocycles. The monoisotopic (exact) mass is 423 g/mol. The van der Waals surface area contributed by atoms with Gasteiger partial charge in [-0.3, -0.25) is 4.79 Å². The van der Waals surface area contributed by atoms with Crippen LogP contribution in [0.3, 0.4) is 0 Å². The summed E-state index contributed by atoms with van der Waals surface area (Å²) in [6.45, 7) is 3.16. The van der Waals surface area contributed by atoms with Crippen LogP contribution in [0, 0.1) is 0 Å². The third-order valence-electron chi connectivity index (χ3n) is 4.28. The van der Waals surface area contributed by atoms with Gasteiger partial charge in [0.05, 0.1) is 13.2 Å². The van der Waals surface area contributed by atoms with E-state index in [9.17, 15) is 4.79 Å². The number of thiophene rings is 1. The highest BCUT2D eigenvalue weighted by Crippen LogP contribution is 2.16. The number of amides is 1. The second kappa shape index (κ2) is 9.36. The Morgan fingerprint density at radius 1 is 1.10 bits per heavy atom. The number of aromatic nitrogens is 4. The van der Waals surface area contributed by atoms with Crippen molar-refractivity contribution >= 4 is 22.9 Å². The summed E-state index contributed by atoms with van der Waals surface area (Å²) < 4.78 is 12.8. The number of rotatable bonds is 9. The second-order valence-corrected chi connectivity index (χ2v) is 7.41. The van der Waals surface area contributed by atoms with Crippen LogP contribution in [-0.4, -0.2) is 45.5 Å². The van der Waals surface area contributed by atoms with Crippen molar-refractivity contribution in [1.29, 1.82) is 0 Å². The van der Waals surface area contributed by atoms with Gasteiger partial charge in [-0.1, -0.05) is 6.07 Å².